The summed E-state index contributed by atoms with van der Waals surface area (Å²) in [5.74, 6) is -0.122. The molecule has 0 bridgehead atoms. The minimum atomic E-state index is -0.0619. The van der Waals surface area contributed by atoms with Gasteiger partial charge in [0.2, 0.25) is 5.91 Å². The molecule has 2 heterocycles. The van der Waals surface area contributed by atoms with E-state index in [1.165, 1.54) is 11.3 Å². The van der Waals surface area contributed by atoms with E-state index in [4.69, 9.17) is 11.6 Å². The van der Waals surface area contributed by atoms with Crippen LogP contribution in [0.3, 0.4) is 0 Å². The molecule has 1 aliphatic heterocycles. The van der Waals surface area contributed by atoms with Gasteiger partial charge in [-0.25, -0.2) is 0 Å². The van der Waals surface area contributed by atoms with Crippen molar-refractivity contribution in [3.63, 3.8) is 0 Å². The van der Waals surface area contributed by atoms with Gasteiger partial charge in [0.1, 0.15) is 0 Å². The molecule has 2 aromatic rings. The van der Waals surface area contributed by atoms with Gasteiger partial charge in [0.25, 0.3) is 5.91 Å². The minimum Gasteiger partial charge on any atom is -0.339 e. The summed E-state index contributed by atoms with van der Waals surface area (Å²) >= 11 is 7.06. The number of Topliss-reactive ketones (excluding diaryl/α,β-unsaturated/α-hetero) is 1. The molecule has 0 atom stereocenters. The highest BCUT2D eigenvalue weighted by atomic mass is 35.5. The summed E-state index contributed by atoms with van der Waals surface area (Å²) in [6.45, 7) is 2.01. The first kappa shape index (κ1) is 18.6. The molecule has 1 aromatic carbocycles. The molecule has 0 unspecified atom stereocenters. The van der Waals surface area contributed by atoms with Crippen molar-refractivity contribution in [2.45, 2.75) is 12.8 Å². The van der Waals surface area contributed by atoms with Crippen LogP contribution in [-0.2, 0) is 4.79 Å². The van der Waals surface area contributed by atoms with E-state index in [1.807, 2.05) is 18.2 Å². The summed E-state index contributed by atoms with van der Waals surface area (Å²) in [5, 5.41) is 0. The zero-order chi connectivity index (χ0) is 18.5. The van der Waals surface area contributed by atoms with E-state index in [0.29, 0.717) is 41.0 Å². The first-order valence-electron chi connectivity index (χ1n) is 8.45. The Bertz CT molecular complexity index is 798. The molecule has 1 aliphatic rings. The van der Waals surface area contributed by atoms with Crippen LogP contribution in [0.1, 0.15) is 32.9 Å². The van der Waals surface area contributed by atoms with Crippen molar-refractivity contribution in [1.29, 1.82) is 0 Å². The molecule has 1 saturated heterocycles. The second-order valence-electron chi connectivity index (χ2n) is 6.07. The Hall–Kier alpha value is -2.18. The van der Waals surface area contributed by atoms with Gasteiger partial charge in [0.15, 0.2) is 5.78 Å². The van der Waals surface area contributed by atoms with Gasteiger partial charge in [-0.05, 0) is 24.3 Å². The number of benzene rings is 1. The van der Waals surface area contributed by atoms with Crippen LogP contribution in [0.4, 0.5) is 0 Å². The first-order valence-corrected chi connectivity index (χ1v) is 9.64. The molecule has 26 heavy (non-hydrogen) atoms. The van der Waals surface area contributed by atoms with E-state index in [0.717, 1.165) is 0 Å². The molecule has 2 amide bonds. The summed E-state index contributed by atoms with van der Waals surface area (Å²) in [6, 6.07) is 12.5. The lowest BCUT2D eigenvalue weighted by molar-refractivity contribution is -0.132. The molecule has 5 nitrogen and oxygen atoms in total. The van der Waals surface area contributed by atoms with Crippen LogP contribution in [0.25, 0.3) is 0 Å². The third kappa shape index (κ3) is 4.51. The van der Waals surface area contributed by atoms with Gasteiger partial charge in [-0.3, -0.25) is 14.4 Å². The average molecular weight is 391 g/mol. The van der Waals surface area contributed by atoms with Gasteiger partial charge >= 0.3 is 0 Å². The fourth-order valence-corrected chi connectivity index (χ4v) is 3.90. The lowest BCUT2D eigenvalue weighted by Gasteiger charge is -2.34. The molecule has 136 valence electrons. The number of amides is 2. The molecule has 0 radical (unpaired) electrons. The van der Waals surface area contributed by atoms with Crippen LogP contribution < -0.4 is 0 Å². The average Bonchev–Trinajstić information content (AvgIpc) is 3.12. The predicted octanol–water partition coefficient (Wildman–Crippen LogP) is 3.35. The van der Waals surface area contributed by atoms with Gasteiger partial charge in [0.05, 0.1) is 9.21 Å². The van der Waals surface area contributed by atoms with Gasteiger partial charge in [0, 0.05) is 44.6 Å². The molecular weight excluding hydrogens is 372 g/mol. The highest BCUT2D eigenvalue weighted by Gasteiger charge is 2.25. The fraction of sp³-hybridized carbons (Fsp3) is 0.316. The summed E-state index contributed by atoms with van der Waals surface area (Å²) in [5.41, 5.74) is 0.660. The number of rotatable bonds is 5. The van der Waals surface area contributed by atoms with Crippen LogP contribution in [0.2, 0.25) is 4.34 Å². The summed E-state index contributed by atoms with van der Waals surface area (Å²) in [7, 11) is 0. The Morgan fingerprint density at radius 1 is 0.885 bits per heavy atom. The van der Waals surface area contributed by atoms with Crippen molar-refractivity contribution in [2.75, 3.05) is 26.2 Å². The number of nitrogens with zero attached hydrogens (tertiary/aromatic N) is 2. The number of thiophene rings is 1. The van der Waals surface area contributed by atoms with Crippen LogP contribution in [0, 0.1) is 0 Å². The van der Waals surface area contributed by atoms with E-state index in [1.54, 1.807) is 34.1 Å². The van der Waals surface area contributed by atoms with Crippen LogP contribution in [-0.4, -0.2) is 53.6 Å². The highest BCUT2D eigenvalue weighted by Crippen LogP contribution is 2.23. The van der Waals surface area contributed by atoms with E-state index in [9.17, 15) is 14.4 Å². The molecule has 0 spiro atoms. The number of hydrogen-bond donors (Lipinski definition) is 0. The lowest BCUT2D eigenvalue weighted by Crippen LogP contribution is -2.50. The van der Waals surface area contributed by atoms with Gasteiger partial charge in [-0.2, -0.15) is 0 Å². The van der Waals surface area contributed by atoms with Gasteiger partial charge in [-0.1, -0.05) is 29.8 Å². The number of halogens is 1. The zero-order valence-electron chi connectivity index (χ0n) is 14.2. The molecule has 7 heteroatoms. The van der Waals surface area contributed by atoms with E-state index in [2.05, 4.69) is 0 Å². The second-order valence-corrected chi connectivity index (χ2v) is 7.78. The predicted molar refractivity (Wildman–Crippen MR) is 102 cm³/mol. The Morgan fingerprint density at radius 3 is 2.15 bits per heavy atom. The zero-order valence-corrected chi connectivity index (χ0v) is 15.8. The van der Waals surface area contributed by atoms with E-state index >= 15 is 0 Å². The topological polar surface area (TPSA) is 57.7 Å². The van der Waals surface area contributed by atoms with E-state index < -0.39 is 0 Å². The van der Waals surface area contributed by atoms with Gasteiger partial charge < -0.3 is 9.80 Å². The van der Waals surface area contributed by atoms with Crippen molar-refractivity contribution in [2.24, 2.45) is 0 Å². The Kier molecular flexibility index (Phi) is 6.06. The van der Waals surface area contributed by atoms with Crippen molar-refractivity contribution < 1.29 is 14.4 Å². The number of carbonyl (C=O) groups is 3. The maximum absolute atomic E-state index is 12.4. The molecule has 0 aliphatic carbocycles. The van der Waals surface area contributed by atoms with Crippen LogP contribution in [0.5, 0.6) is 0 Å². The maximum Gasteiger partial charge on any atom is 0.253 e. The second kappa shape index (κ2) is 8.47. The van der Waals surface area contributed by atoms with Crippen LogP contribution in [0.15, 0.2) is 42.5 Å². The summed E-state index contributed by atoms with van der Waals surface area (Å²) in [4.78, 5) is 40.9. The monoisotopic (exact) mass is 390 g/mol. The maximum atomic E-state index is 12.4. The Morgan fingerprint density at radius 2 is 1.54 bits per heavy atom. The number of hydrogen-bond acceptors (Lipinski definition) is 4. The summed E-state index contributed by atoms with van der Waals surface area (Å²) < 4.78 is 0.568. The van der Waals surface area contributed by atoms with Crippen LogP contribution >= 0.6 is 22.9 Å². The SMILES string of the molecule is O=C(CCC(=O)N1CCN(C(=O)c2ccccc2)CC1)c1ccc(Cl)s1. The summed E-state index contributed by atoms with van der Waals surface area (Å²) in [6.07, 6.45) is 0.361. The Balaban J connectivity index is 1.46. The minimum absolute atomic E-state index is 0.0116. The van der Waals surface area contributed by atoms with Crippen molar-refractivity contribution >= 4 is 40.5 Å². The lowest BCUT2D eigenvalue weighted by atomic mass is 10.1. The largest absolute Gasteiger partial charge is 0.339 e. The number of ketones is 1. The highest BCUT2D eigenvalue weighted by molar-refractivity contribution is 7.18. The normalized spacial score (nSPS) is 14.3. The van der Waals surface area contributed by atoms with Crippen molar-refractivity contribution in [1.82, 2.24) is 9.80 Å². The van der Waals surface area contributed by atoms with E-state index in [-0.39, 0.29) is 30.4 Å². The molecule has 1 aromatic heterocycles. The number of piperazine rings is 1. The van der Waals surface area contributed by atoms with Crippen molar-refractivity contribution in [3.8, 4) is 0 Å². The fourth-order valence-electron chi connectivity index (χ4n) is 2.89. The quantitative estimate of drug-likeness (QED) is 0.735. The molecular formula is C19H19ClN2O3S. The molecule has 1 fully saturated rings. The standard InChI is InChI=1S/C19H19ClN2O3S/c20-17-8-7-16(26-17)15(23)6-9-18(24)21-10-12-22(13-11-21)19(25)14-4-2-1-3-5-14/h1-5,7-8H,6,9-13H2. The molecule has 3 rings (SSSR count). The third-order valence-corrected chi connectivity index (χ3v) is 5.63. The first-order chi connectivity index (χ1) is 12.5. The Labute approximate surface area is 161 Å². The third-order valence-electron chi connectivity index (χ3n) is 4.35. The molecule has 0 saturated carbocycles. The number of carbonyl (C=O) groups excluding carboxylic acids is 3. The molecule has 0 N–H and O–H groups in total. The van der Waals surface area contributed by atoms with Crippen molar-refractivity contribution in [3.05, 3.63) is 57.2 Å². The smallest absolute Gasteiger partial charge is 0.253 e. The van der Waals surface area contributed by atoms with Gasteiger partial charge in [-0.15, -0.1) is 11.3 Å².